The molecule has 3 heteroatoms. The normalized spacial score (nSPS) is 11.7. The zero-order valence-electron chi connectivity index (χ0n) is 12.4. The van der Waals surface area contributed by atoms with Crippen molar-refractivity contribution in [3.8, 4) is 11.1 Å². The van der Waals surface area contributed by atoms with Gasteiger partial charge in [0.15, 0.2) is 0 Å². The monoisotopic (exact) mass is 288 g/mol. The van der Waals surface area contributed by atoms with Gasteiger partial charge in [-0.05, 0) is 22.1 Å². The second-order valence-corrected chi connectivity index (χ2v) is 6.07. The molecule has 0 spiro atoms. The van der Waals surface area contributed by atoms with Crippen molar-refractivity contribution in [2.45, 2.75) is 32.6 Å². The van der Waals surface area contributed by atoms with Crippen LogP contribution < -0.4 is 0 Å². The summed E-state index contributed by atoms with van der Waals surface area (Å²) in [4.78, 5) is 11.2. The van der Waals surface area contributed by atoms with Crippen LogP contribution in [-0.4, -0.2) is 12.2 Å². The number of halogens is 2. The molecule has 0 heterocycles. The lowest BCUT2D eigenvalue weighted by Crippen LogP contribution is -2.10. The summed E-state index contributed by atoms with van der Waals surface area (Å²) in [6.07, 6.45) is -2.96. The smallest absolute Gasteiger partial charge is 0.288 e. The molecule has 0 aliphatic heterocycles. The molecule has 0 aliphatic rings. The summed E-state index contributed by atoms with van der Waals surface area (Å²) < 4.78 is 24.7. The average molecular weight is 288 g/mol. The Kier molecular flexibility index (Phi) is 4.21. The summed E-state index contributed by atoms with van der Waals surface area (Å²) in [5.74, 6) is -1.13. The van der Waals surface area contributed by atoms with Crippen molar-refractivity contribution in [2.24, 2.45) is 0 Å². The molecule has 0 N–H and O–H groups in total. The van der Waals surface area contributed by atoms with Crippen LogP contribution in [0.15, 0.2) is 48.5 Å². The van der Waals surface area contributed by atoms with E-state index in [-0.39, 0.29) is 11.0 Å². The van der Waals surface area contributed by atoms with Crippen LogP contribution in [0.5, 0.6) is 0 Å². The zero-order chi connectivity index (χ0) is 15.6. The van der Waals surface area contributed by atoms with Gasteiger partial charge in [0.05, 0.1) is 0 Å². The van der Waals surface area contributed by atoms with Gasteiger partial charge < -0.3 is 0 Å². The van der Waals surface area contributed by atoms with E-state index in [1.807, 2.05) is 12.1 Å². The highest BCUT2D eigenvalue weighted by Crippen LogP contribution is 2.26. The number of rotatable bonds is 3. The van der Waals surface area contributed by atoms with E-state index < -0.39 is 12.2 Å². The van der Waals surface area contributed by atoms with E-state index >= 15 is 0 Å². The maximum Gasteiger partial charge on any atom is 0.300 e. The lowest BCUT2D eigenvalue weighted by Gasteiger charge is -2.19. The third kappa shape index (κ3) is 3.54. The fourth-order valence-corrected chi connectivity index (χ4v) is 2.12. The highest BCUT2D eigenvalue weighted by molar-refractivity contribution is 5.98. The van der Waals surface area contributed by atoms with Gasteiger partial charge in [-0.2, -0.15) is 0 Å². The Morgan fingerprint density at radius 3 is 1.67 bits per heavy atom. The van der Waals surface area contributed by atoms with Gasteiger partial charge in [0, 0.05) is 5.56 Å². The zero-order valence-corrected chi connectivity index (χ0v) is 12.4. The molecule has 0 amide bonds. The molecule has 2 aromatic rings. The van der Waals surface area contributed by atoms with E-state index in [0.717, 1.165) is 11.1 Å². The van der Waals surface area contributed by atoms with Crippen LogP contribution in [-0.2, 0) is 5.41 Å². The van der Waals surface area contributed by atoms with Crippen molar-refractivity contribution < 1.29 is 13.6 Å². The number of Topliss-reactive ketones (excluding diaryl/α,β-unsaturated/α-hetero) is 1. The predicted molar refractivity (Wildman–Crippen MR) is 80.9 cm³/mol. The number of hydrogen-bond acceptors (Lipinski definition) is 1. The molecule has 0 aliphatic carbocycles. The van der Waals surface area contributed by atoms with Gasteiger partial charge >= 0.3 is 6.43 Å². The Bertz CT molecular complexity index is 620. The summed E-state index contributed by atoms with van der Waals surface area (Å²) in [7, 11) is 0. The minimum Gasteiger partial charge on any atom is -0.288 e. The van der Waals surface area contributed by atoms with Crippen molar-refractivity contribution in [1.82, 2.24) is 0 Å². The fraction of sp³-hybridized carbons (Fsp3) is 0.278. The van der Waals surface area contributed by atoms with Gasteiger partial charge in [-0.3, -0.25) is 4.79 Å². The van der Waals surface area contributed by atoms with E-state index in [4.69, 9.17) is 0 Å². The molecule has 2 rings (SSSR count). The highest BCUT2D eigenvalue weighted by atomic mass is 19.3. The molecule has 1 nitrogen and oxygen atoms in total. The van der Waals surface area contributed by atoms with Crippen molar-refractivity contribution >= 4 is 5.78 Å². The molecule has 0 fully saturated rings. The number of ketones is 1. The molecule has 0 unspecified atom stereocenters. The standard InChI is InChI=1S/C18H18F2O/c1-18(2,3)15-10-8-13(9-11-15)12-4-6-14(7-5-12)16(21)17(19)20/h4-11,17H,1-3H3. The predicted octanol–water partition coefficient (Wildman–Crippen LogP) is 5.10. The number of alkyl halides is 2. The molecular weight excluding hydrogens is 270 g/mol. The first-order valence-corrected chi connectivity index (χ1v) is 6.82. The molecular formula is C18H18F2O. The van der Waals surface area contributed by atoms with E-state index in [0.29, 0.717) is 0 Å². The molecule has 0 aromatic heterocycles. The Labute approximate surface area is 123 Å². The van der Waals surface area contributed by atoms with Gasteiger partial charge in [-0.1, -0.05) is 69.3 Å². The Hall–Kier alpha value is -2.03. The highest BCUT2D eigenvalue weighted by Gasteiger charge is 2.17. The minimum absolute atomic E-state index is 0.0417. The first-order chi connectivity index (χ1) is 9.79. The van der Waals surface area contributed by atoms with Crippen molar-refractivity contribution in [1.29, 1.82) is 0 Å². The van der Waals surface area contributed by atoms with Crippen LogP contribution in [0.2, 0.25) is 0 Å². The van der Waals surface area contributed by atoms with E-state index in [9.17, 15) is 13.6 Å². The summed E-state index contributed by atoms with van der Waals surface area (Å²) in [6, 6.07) is 14.4. The van der Waals surface area contributed by atoms with Crippen LogP contribution in [0, 0.1) is 0 Å². The quantitative estimate of drug-likeness (QED) is 0.718. The largest absolute Gasteiger partial charge is 0.300 e. The lowest BCUT2D eigenvalue weighted by molar-refractivity contribution is 0.0679. The first-order valence-electron chi connectivity index (χ1n) is 6.82. The van der Waals surface area contributed by atoms with Crippen LogP contribution in [0.25, 0.3) is 11.1 Å². The fourth-order valence-electron chi connectivity index (χ4n) is 2.12. The minimum atomic E-state index is -2.96. The number of hydrogen-bond donors (Lipinski definition) is 0. The Morgan fingerprint density at radius 2 is 1.29 bits per heavy atom. The Morgan fingerprint density at radius 1 is 0.857 bits per heavy atom. The molecule has 0 atom stereocenters. The summed E-state index contributed by atoms with van der Waals surface area (Å²) in [5.41, 5.74) is 3.27. The average Bonchev–Trinajstić information content (AvgIpc) is 2.46. The molecule has 21 heavy (non-hydrogen) atoms. The maximum absolute atomic E-state index is 12.3. The van der Waals surface area contributed by atoms with Crippen molar-refractivity contribution in [3.63, 3.8) is 0 Å². The van der Waals surface area contributed by atoms with E-state index in [2.05, 4.69) is 32.9 Å². The molecule has 2 aromatic carbocycles. The summed E-state index contributed by atoms with van der Waals surface area (Å²) in [6.45, 7) is 6.44. The van der Waals surface area contributed by atoms with E-state index in [1.54, 1.807) is 12.1 Å². The van der Waals surface area contributed by atoms with Crippen LogP contribution in [0.3, 0.4) is 0 Å². The van der Waals surface area contributed by atoms with Gasteiger partial charge in [0.25, 0.3) is 0 Å². The Balaban J connectivity index is 2.25. The topological polar surface area (TPSA) is 17.1 Å². The third-order valence-electron chi connectivity index (χ3n) is 3.45. The number of carbonyl (C=O) groups excluding carboxylic acids is 1. The van der Waals surface area contributed by atoms with E-state index in [1.165, 1.54) is 17.7 Å². The SMILES string of the molecule is CC(C)(C)c1ccc(-c2ccc(C(=O)C(F)F)cc2)cc1. The van der Waals surface area contributed by atoms with Crippen molar-refractivity contribution in [2.75, 3.05) is 0 Å². The molecule has 0 saturated heterocycles. The van der Waals surface area contributed by atoms with Crippen LogP contribution in [0.1, 0.15) is 36.7 Å². The number of carbonyl (C=O) groups is 1. The second kappa shape index (κ2) is 5.76. The lowest BCUT2D eigenvalue weighted by atomic mass is 9.86. The first kappa shape index (κ1) is 15.4. The second-order valence-electron chi connectivity index (χ2n) is 6.07. The van der Waals surface area contributed by atoms with Gasteiger partial charge in [0.1, 0.15) is 0 Å². The van der Waals surface area contributed by atoms with Gasteiger partial charge in [-0.25, -0.2) is 8.78 Å². The number of benzene rings is 2. The third-order valence-corrected chi connectivity index (χ3v) is 3.45. The summed E-state index contributed by atoms with van der Waals surface area (Å²) >= 11 is 0. The summed E-state index contributed by atoms with van der Waals surface area (Å²) in [5, 5.41) is 0. The van der Waals surface area contributed by atoms with Crippen LogP contribution >= 0.6 is 0 Å². The van der Waals surface area contributed by atoms with Crippen molar-refractivity contribution in [3.05, 3.63) is 59.7 Å². The molecule has 0 bridgehead atoms. The molecule has 110 valence electrons. The van der Waals surface area contributed by atoms with Crippen LogP contribution in [0.4, 0.5) is 8.78 Å². The van der Waals surface area contributed by atoms with Gasteiger partial charge in [0.2, 0.25) is 5.78 Å². The maximum atomic E-state index is 12.3. The van der Waals surface area contributed by atoms with Gasteiger partial charge in [-0.15, -0.1) is 0 Å². The molecule has 0 saturated carbocycles. The molecule has 0 radical (unpaired) electrons.